The molecule has 0 radical (unpaired) electrons. The van der Waals surface area contributed by atoms with Gasteiger partial charge in [-0.3, -0.25) is 0 Å². The molecule has 1 nitrogen and oxygen atoms in total. The second-order valence-electron chi connectivity index (χ2n) is 21.0. The zero-order valence-electron chi connectivity index (χ0n) is 40.6. The largest absolute Gasteiger partial charge is 0.309 e. The van der Waals surface area contributed by atoms with Gasteiger partial charge in [0.15, 0.2) is 0 Å². The molecule has 0 aromatic heterocycles. The van der Waals surface area contributed by atoms with Crippen LogP contribution in [0.25, 0.3) is 98.4 Å². The van der Waals surface area contributed by atoms with Gasteiger partial charge in [-0.2, -0.15) is 0 Å². The summed E-state index contributed by atoms with van der Waals surface area (Å²) in [6.45, 7) is 4.80. The lowest BCUT2D eigenvalue weighted by Crippen LogP contribution is -2.26. The van der Waals surface area contributed by atoms with Crippen molar-refractivity contribution >= 4 is 70.9 Å². The van der Waals surface area contributed by atoms with E-state index in [-0.39, 0.29) is 5.41 Å². The van der Waals surface area contributed by atoms with E-state index < -0.39 is 5.41 Å². The molecular formula is C72H47N. The first-order valence-corrected chi connectivity index (χ1v) is 25.8. The van der Waals surface area contributed by atoms with Gasteiger partial charge in [0.05, 0.1) is 16.8 Å². The Balaban J connectivity index is 1.10. The topological polar surface area (TPSA) is 3.24 Å². The summed E-state index contributed by atoms with van der Waals surface area (Å²) in [4.78, 5) is 2.64. The van der Waals surface area contributed by atoms with Crippen molar-refractivity contribution in [2.75, 3.05) is 4.90 Å². The molecular weight excluding hydrogens is 879 g/mol. The van der Waals surface area contributed by atoms with Crippen LogP contribution < -0.4 is 4.90 Å². The van der Waals surface area contributed by atoms with Crippen LogP contribution >= 0.6 is 0 Å². The van der Waals surface area contributed by atoms with Gasteiger partial charge in [-0.25, -0.2) is 0 Å². The fourth-order valence-electron chi connectivity index (χ4n) is 14.2. The summed E-state index contributed by atoms with van der Waals surface area (Å²) in [5.41, 5.74) is 21.0. The molecule has 340 valence electrons. The SMILES string of the molecule is CC1(C)c2ccccc2-c2c(-c3cc4c(cc3N(c3ccc5c6ccccc6c6ccccc6c5c3)c3cc5ccccc5c5ccccc35)C3(c5ccccc5-c5ccccc53)c3ccccc3-4)cccc21. The summed E-state index contributed by atoms with van der Waals surface area (Å²) in [5, 5.41) is 12.5. The molecule has 13 aromatic carbocycles. The second kappa shape index (κ2) is 14.8. The van der Waals surface area contributed by atoms with Gasteiger partial charge in [0, 0.05) is 22.1 Å². The van der Waals surface area contributed by atoms with Crippen LogP contribution in [0.5, 0.6) is 0 Å². The molecule has 0 amide bonds. The number of nitrogens with zero attached hydrogens (tertiary/aromatic N) is 1. The highest BCUT2D eigenvalue weighted by molar-refractivity contribution is 6.26. The highest BCUT2D eigenvalue weighted by Crippen LogP contribution is 2.65. The zero-order valence-corrected chi connectivity index (χ0v) is 40.6. The molecule has 16 rings (SSSR count). The Hall–Kier alpha value is -9.04. The van der Waals surface area contributed by atoms with E-state index in [1.807, 2.05) is 0 Å². The molecule has 0 fully saturated rings. The molecule has 3 aliphatic rings. The van der Waals surface area contributed by atoms with Crippen molar-refractivity contribution in [1.82, 2.24) is 0 Å². The van der Waals surface area contributed by atoms with Gasteiger partial charge in [-0.1, -0.05) is 232 Å². The third kappa shape index (κ3) is 5.31. The quantitative estimate of drug-likeness (QED) is 0.159. The van der Waals surface area contributed by atoms with Crippen molar-refractivity contribution in [1.29, 1.82) is 0 Å². The van der Waals surface area contributed by atoms with Crippen LogP contribution in [0.15, 0.2) is 249 Å². The molecule has 0 saturated heterocycles. The lowest BCUT2D eigenvalue weighted by atomic mass is 9.70. The molecule has 0 atom stereocenters. The number of rotatable bonds is 4. The Labute approximate surface area is 424 Å². The number of hydrogen-bond donors (Lipinski definition) is 0. The van der Waals surface area contributed by atoms with Crippen LogP contribution in [0, 0.1) is 0 Å². The van der Waals surface area contributed by atoms with Crippen LogP contribution in [0.1, 0.15) is 47.2 Å². The van der Waals surface area contributed by atoms with E-state index >= 15 is 0 Å². The van der Waals surface area contributed by atoms with E-state index in [0.29, 0.717) is 0 Å². The Morgan fingerprint density at radius 2 is 0.712 bits per heavy atom. The van der Waals surface area contributed by atoms with Gasteiger partial charge in [0.25, 0.3) is 0 Å². The first-order valence-electron chi connectivity index (χ1n) is 25.8. The maximum absolute atomic E-state index is 2.64. The standard InChI is InChI=1S/C72H47N/c1-71(2)62-33-15-14-31-58(62)70-57(32-19-37-66(70)71)61-42-60-55-29-13-18-36-65(55)72(63-34-16-11-27-53(63)54-28-12-17-35-64(54)72)67(60)43-69(61)73(68-40-44-20-3-4-21-46(44)47-22-9-10-30-56(47)68)45-38-39-52-50-25-6-5-23-48(50)49-24-7-8-26-51(49)59(52)41-45/h3-43H,1-2H3. The lowest BCUT2D eigenvalue weighted by molar-refractivity contribution is 0.660. The van der Waals surface area contributed by atoms with Crippen molar-refractivity contribution in [2.24, 2.45) is 0 Å². The van der Waals surface area contributed by atoms with E-state index in [1.165, 1.54) is 132 Å². The van der Waals surface area contributed by atoms with Crippen LogP contribution in [0.3, 0.4) is 0 Å². The summed E-state index contributed by atoms with van der Waals surface area (Å²) < 4.78 is 0. The predicted molar refractivity (Wildman–Crippen MR) is 308 cm³/mol. The van der Waals surface area contributed by atoms with Crippen molar-refractivity contribution in [3.8, 4) is 44.5 Å². The molecule has 3 aliphatic carbocycles. The maximum atomic E-state index is 2.64. The van der Waals surface area contributed by atoms with Crippen LogP contribution in [-0.2, 0) is 10.8 Å². The molecule has 0 bridgehead atoms. The zero-order chi connectivity index (χ0) is 48.2. The van der Waals surface area contributed by atoms with Gasteiger partial charge >= 0.3 is 0 Å². The first-order chi connectivity index (χ1) is 36.0. The van der Waals surface area contributed by atoms with E-state index in [0.717, 1.165) is 17.1 Å². The van der Waals surface area contributed by atoms with Crippen molar-refractivity contribution in [2.45, 2.75) is 24.7 Å². The fourth-order valence-corrected chi connectivity index (χ4v) is 14.2. The smallest absolute Gasteiger partial charge is 0.0726 e. The lowest BCUT2D eigenvalue weighted by Gasteiger charge is -2.34. The van der Waals surface area contributed by atoms with Gasteiger partial charge in [-0.15, -0.1) is 0 Å². The van der Waals surface area contributed by atoms with E-state index in [1.54, 1.807) is 0 Å². The third-order valence-corrected chi connectivity index (χ3v) is 17.2. The van der Waals surface area contributed by atoms with E-state index in [9.17, 15) is 0 Å². The first kappa shape index (κ1) is 40.7. The molecule has 13 aromatic rings. The second-order valence-corrected chi connectivity index (χ2v) is 21.0. The Bertz CT molecular complexity index is 4470. The van der Waals surface area contributed by atoms with Gasteiger partial charge in [0.2, 0.25) is 0 Å². The van der Waals surface area contributed by atoms with Crippen molar-refractivity contribution in [3.05, 3.63) is 282 Å². The third-order valence-electron chi connectivity index (χ3n) is 17.2. The molecule has 0 unspecified atom stereocenters. The molecule has 0 aliphatic heterocycles. The normalized spacial score (nSPS) is 14.1. The number of benzene rings is 13. The van der Waals surface area contributed by atoms with Gasteiger partial charge < -0.3 is 4.90 Å². The van der Waals surface area contributed by atoms with Crippen molar-refractivity contribution < 1.29 is 0 Å². The van der Waals surface area contributed by atoms with Crippen LogP contribution in [0.4, 0.5) is 17.1 Å². The summed E-state index contributed by atoms with van der Waals surface area (Å²) in [5.74, 6) is 0. The Kier molecular flexibility index (Phi) is 8.22. The number of anilines is 3. The number of fused-ring (bicyclic) bond motifs is 22. The maximum Gasteiger partial charge on any atom is 0.0726 e. The minimum Gasteiger partial charge on any atom is -0.309 e. The van der Waals surface area contributed by atoms with Crippen molar-refractivity contribution in [3.63, 3.8) is 0 Å². The summed E-state index contributed by atoms with van der Waals surface area (Å²) in [7, 11) is 0. The fraction of sp³-hybridized carbons (Fsp3) is 0.0556. The van der Waals surface area contributed by atoms with Gasteiger partial charge in [0.1, 0.15) is 0 Å². The molecule has 0 saturated carbocycles. The summed E-state index contributed by atoms with van der Waals surface area (Å²) in [6.07, 6.45) is 0. The van der Waals surface area contributed by atoms with Crippen LogP contribution in [-0.4, -0.2) is 0 Å². The minimum absolute atomic E-state index is 0.177. The monoisotopic (exact) mass is 925 g/mol. The Morgan fingerprint density at radius 3 is 1.34 bits per heavy atom. The Morgan fingerprint density at radius 1 is 0.260 bits per heavy atom. The van der Waals surface area contributed by atoms with Gasteiger partial charge in [-0.05, 0) is 151 Å². The molecule has 1 heteroatoms. The number of hydrogen-bond acceptors (Lipinski definition) is 1. The minimum atomic E-state index is -0.546. The van der Waals surface area contributed by atoms with Crippen LogP contribution in [0.2, 0.25) is 0 Å². The highest BCUT2D eigenvalue weighted by atomic mass is 15.1. The molecule has 1 spiro atoms. The molecule has 0 N–H and O–H groups in total. The molecule has 73 heavy (non-hydrogen) atoms. The predicted octanol–water partition coefficient (Wildman–Crippen LogP) is 19.2. The van der Waals surface area contributed by atoms with E-state index in [2.05, 4.69) is 267 Å². The summed E-state index contributed by atoms with van der Waals surface area (Å²) >= 11 is 0. The average molecular weight is 926 g/mol. The summed E-state index contributed by atoms with van der Waals surface area (Å²) in [6, 6.07) is 94.6. The molecule has 0 heterocycles. The highest BCUT2D eigenvalue weighted by Gasteiger charge is 2.52. The van der Waals surface area contributed by atoms with E-state index in [4.69, 9.17) is 0 Å². The average Bonchev–Trinajstić information content (AvgIpc) is 4.01.